The van der Waals surface area contributed by atoms with Crippen LogP contribution in [-0.4, -0.2) is 41.9 Å². The Morgan fingerprint density at radius 3 is 2.27 bits per heavy atom. The molecule has 8 nitrogen and oxygen atoms in total. The van der Waals surface area contributed by atoms with Crippen molar-refractivity contribution >= 4 is 29.2 Å². The fourth-order valence-corrected chi connectivity index (χ4v) is 3.81. The molecule has 4 rings (SSSR count). The second-order valence-electron chi connectivity index (χ2n) is 6.70. The molecule has 0 spiro atoms. The summed E-state index contributed by atoms with van der Waals surface area (Å²) in [7, 11) is 2.43. The summed E-state index contributed by atoms with van der Waals surface area (Å²) in [5, 5.41) is 6.31. The summed E-state index contributed by atoms with van der Waals surface area (Å²) in [6, 6.07) is 18.8. The number of aromatic nitrogens is 2. The number of para-hydroxylation sites is 1. The Hall–Kier alpha value is -4.24. The maximum absolute atomic E-state index is 12.7. The quantitative estimate of drug-likeness (QED) is 0.310. The lowest BCUT2D eigenvalue weighted by Gasteiger charge is -2.07. The summed E-state index contributed by atoms with van der Waals surface area (Å²) >= 11 is 1.27. The van der Waals surface area contributed by atoms with E-state index in [0.717, 1.165) is 0 Å². The maximum Gasteiger partial charge on any atom is 0.357 e. The number of ether oxygens (including phenoxy) is 3. The molecule has 33 heavy (non-hydrogen) atoms. The minimum Gasteiger partial charge on any atom is -0.465 e. The van der Waals surface area contributed by atoms with E-state index < -0.39 is 17.9 Å². The third-order valence-corrected chi connectivity index (χ3v) is 5.54. The molecule has 9 heteroatoms. The average molecular weight is 462 g/mol. The van der Waals surface area contributed by atoms with Gasteiger partial charge in [-0.1, -0.05) is 36.4 Å². The van der Waals surface area contributed by atoms with Crippen LogP contribution in [0.25, 0.3) is 16.9 Å². The smallest absolute Gasteiger partial charge is 0.357 e. The Bertz CT molecular complexity index is 1310. The zero-order valence-corrected chi connectivity index (χ0v) is 18.5. The standard InChI is InChI=1S/C24H18N2O6S/c1-30-23(28)19-20(25-26(21(19)24(29)31-2)16-9-4-3-5-10-16)15-8-6-11-17(14-15)32-22(27)18-12-7-13-33-18/h3-14H,1-2H3. The van der Waals surface area contributed by atoms with Crippen LogP contribution in [0.4, 0.5) is 0 Å². The highest BCUT2D eigenvalue weighted by Gasteiger charge is 2.31. The van der Waals surface area contributed by atoms with E-state index >= 15 is 0 Å². The number of methoxy groups -OCH3 is 2. The van der Waals surface area contributed by atoms with E-state index in [0.29, 0.717) is 16.1 Å². The SMILES string of the molecule is COC(=O)c1c(-c2cccc(OC(=O)c3cccs3)c2)nn(-c2ccccc2)c1C(=O)OC. The third kappa shape index (κ3) is 4.39. The van der Waals surface area contributed by atoms with Crippen LogP contribution >= 0.6 is 11.3 Å². The molecule has 0 radical (unpaired) electrons. The van der Waals surface area contributed by atoms with E-state index in [1.54, 1.807) is 66.0 Å². The van der Waals surface area contributed by atoms with Crippen molar-refractivity contribution in [3.8, 4) is 22.7 Å². The first kappa shape index (κ1) is 22.0. The van der Waals surface area contributed by atoms with E-state index in [1.165, 1.54) is 30.2 Å². The number of thiophene rings is 1. The van der Waals surface area contributed by atoms with Crippen LogP contribution in [0.1, 0.15) is 30.5 Å². The molecular weight excluding hydrogens is 444 g/mol. The monoisotopic (exact) mass is 462 g/mol. The van der Waals surface area contributed by atoms with Crippen molar-refractivity contribution in [3.63, 3.8) is 0 Å². The van der Waals surface area contributed by atoms with Crippen LogP contribution in [-0.2, 0) is 9.47 Å². The lowest BCUT2D eigenvalue weighted by molar-refractivity contribution is 0.0549. The van der Waals surface area contributed by atoms with E-state index in [-0.39, 0.29) is 22.7 Å². The van der Waals surface area contributed by atoms with Crippen LogP contribution in [0.5, 0.6) is 5.75 Å². The molecule has 0 saturated carbocycles. The number of hydrogen-bond donors (Lipinski definition) is 0. The normalized spacial score (nSPS) is 10.5. The number of carbonyl (C=O) groups excluding carboxylic acids is 3. The molecule has 166 valence electrons. The van der Waals surface area contributed by atoms with Crippen LogP contribution < -0.4 is 4.74 Å². The molecule has 0 saturated heterocycles. The molecule has 0 unspecified atom stereocenters. The highest BCUT2D eigenvalue weighted by molar-refractivity contribution is 7.12. The lowest BCUT2D eigenvalue weighted by atomic mass is 10.1. The highest BCUT2D eigenvalue weighted by Crippen LogP contribution is 2.31. The number of hydrogen-bond acceptors (Lipinski definition) is 8. The van der Waals surface area contributed by atoms with Crippen LogP contribution in [0.2, 0.25) is 0 Å². The second-order valence-corrected chi connectivity index (χ2v) is 7.65. The molecule has 0 aliphatic heterocycles. The number of esters is 3. The van der Waals surface area contributed by atoms with E-state index in [2.05, 4.69) is 5.10 Å². The molecule has 0 aliphatic rings. The fourth-order valence-electron chi connectivity index (χ4n) is 3.22. The molecular formula is C24H18N2O6S. The summed E-state index contributed by atoms with van der Waals surface area (Å²) in [4.78, 5) is 38.2. The number of rotatable bonds is 6. The molecule has 0 N–H and O–H groups in total. The summed E-state index contributed by atoms with van der Waals surface area (Å²) in [5.41, 5.74) is 1.04. The second kappa shape index (κ2) is 9.49. The Kier molecular flexibility index (Phi) is 6.32. The molecule has 2 heterocycles. The molecule has 0 fully saturated rings. The molecule has 2 aromatic heterocycles. The van der Waals surface area contributed by atoms with Gasteiger partial charge in [0.25, 0.3) is 0 Å². The Morgan fingerprint density at radius 1 is 0.848 bits per heavy atom. The minimum atomic E-state index is -0.756. The van der Waals surface area contributed by atoms with Crippen molar-refractivity contribution in [2.24, 2.45) is 0 Å². The van der Waals surface area contributed by atoms with E-state index in [9.17, 15) is 14.4 Å². The summed E-state index contributed by atoms with van der Waals surface area (Å²) in [6.07, 6.45) is 0. The van der Waals surface area contributed by atoms with Gasteiger partial charge in [-0.2, -0.15) is 5.10 Å². The van der Waals surface area contributed by atoms with Crippen molar-refractivity contribution in [1.82, 2.24) is 9.78 Å². The average Bonchev–Trinajstić information content (AvgIpc) is 3.52. The molecule has 4 aromatic rings. The van der Waals surface area contributed by atoms with Gasteiger partial charge in [0.05, 0.1) is 19.9 Å². The minimum absolute atomic E-state index is 0.0602. The zero-order chi connectivity index (χ0) is 23.4. The largest absolute Gasteiger partial charge is 0.465 e. The van der Waals surface area contributed by atoms with Crippen LogP contribution in [0.15, 0.2) is 72.1 Å². The van der Waals surface area contributed by atoms with E-state index in [4.69, 9.17) is 14.2 Å². The van der Waals surface area contributed by atoms with Crippen LogP contribution in [0, 0.1) is 0 Å². The van der Waals surface area contributed by atoms with Gasteiger partial charge < -0.3 is 14.2 Å². The van der Waals surface area contributed by atoms with E-state index in [1.807, 2.05) is 6.07 Å². The fraction of sp³-hybridized carbons (Fsp3) is 0.0833. The van der Waals surface area contributed by atoms with Gasteiger partial charge in [0, 0.05) is 5.56 Å². The molecule has 2 aromatic carbocycles. The van der Waals surface area contributed by atoms with Gasteiger partial charge in [0.1, 0.15) is 21.9 Å². The number of carbonyl (C=O) groups is 3. The van der Waals surface area contributed by atoms with Gasteiger partial charge in [0.2, 0.25) is 0 Å². The predicted octanol–water partition coefficient (Wildman–Crippen LogP) is 4.39. The first-order valence-corrected chi connectivity index (χ1v) is 10.6. The topological polar surface area (TPSA) is 96.7 Å². The van der Waals surface area contributed by atoms with Crippen molar-refractivity contribution in [2.45, 2.75) is 0 Å². The Labute approximate surface area is 193 Å². The number of nitrogens with zero attached hydrogens (tertiary/aromatic N) is 2. The Balaban J connectivity index is 1.85. The van der Waals surface area contributed by atoms with Gasteiger partial charge >= 0.3 is 17.9 Å². The zero-order valence-electron chi connectivity index (χ0n) is 17.7. The summed E-state index contributed by atoms with van der Waals surface area (Å²) in [6.45, 7) is 0. The summed E-state index contributed by atoms with van der Waals surface area (Å²) in [5.74, 6) is -1.75. The Morgan fingerprint density at radius 2 is 1.61 bits per heavy atom. The molecule has 0 amide bonds. The van der Waals surface area contributed by atoms with Gasteiger partial charge in [-0.3, -0.25) is 0 Å². The molecule has 0 atom stereocenters. The molecule has 0 aliphatic carbocycles. The number of benzene rings is 2. The van der Waals surface area contributed by atoms with Crippen molar-refractivity contribution in [1.29, 1.82) is 0 Å². The van der Waals surface area contributed by atoms with Crippen molar-refractivity contribution in [2.75, 3.05) is 14.2 Å². The van der Waals surface area contributed by atoms with Crippen molar-refractivity contribution < 1.29 is 28.6 Å². The summed E-state index contributed by atoms with van der Waals surface area (Å²) < 4.78 is 16.7. The predicted molar refractivity (Wildman–Crippen MR) is 121 cm³/mol. The van der Waals surface area contributed by atoms with Crippen molar-refractivity contribution in [3.05, 3.63) is 88.2 Å². The molecule has 0 bridgehead atoms. The maximum atomic E-state index is 12.7. The lowest BCUT2D eigenvalue weighted by Crippen LogP contribution is -2.15. The highest BCUT2D eigenvalue weighted by atomic mass is 32.1. The first-order valence-electron chi connectivity index (χ1n) is 9.74. The van der Waals surface area contributed by atoms with Gasteiger partial charge in [0.15, 0.2) is 5.69 Å². The van der Waals surface area contributed by atoms with Gasteiger partial charge in [-0.15, -0.1) is 11.3 Å². The van der Waals surface area contributed by atoms with Crippen LogP contribution in [0.3, 0.4) is 0 Å². The van der Waals surface area contributed by atoms with Gasteiger partial charge in [-0.05, 0) is 35.7 Å². The first-order chi connectivity index (χ1) is 16.0. The van der Waals surface area contributed by atoms with Gasteiger partial charge in [-0.25, -0.2) is 19.1 Å². The third-order valence-electron chi connectivity index (χ3n) is 4.69.